The first-order valence-electron chi connectivity index (χ1n) is 7.80. The van der Waals surface area contributed by atoms with Gasteiger partial charge in [0.1, 0.15) is 29.8 Å². The van der Waals surface area contributed by atoms with Gasteiger partial charge in [-0.25, -0.2) is 13.8 Å². The molecule has 2 aromatic rings. The topological polar surface area (TPSA) is 90.6 Å². The summed E-state index contributed by atoms with van der Waals surface area (Å²) in [5.41, 5.74) is 14.0. The number of aliphatic imine (C=N–C) groups is 1. The molecule has 0 saturated heterocycles. The summed E-state index contributed by atoms with van der Waals surface area (Å²) in [6, 6.07) is 7.39. The van der Waals surface area contributed by atoms with Gasteiger partial charge in [-0.2, -0.15) is 13.2 Å². The summed E-state index contributed by atoms with van der Waals surface area (Å²) in [7, 11) is 0. The highest BCUT2D eigenvalue weighted by Crippen LogP contribution is 2.18. The lowest BCUT2D eigenvalue weighted by Crippen LogP contribution is -2.56. The molecular formula is C16H14F5N7. The average molecular weight is 399 g/mol. The van der Waals surface area contributed by atoms with E-state index in [0.717, 1.165) is 17.4 Å². The summed E-state index contributed by atoms with van der Waals surface area (Å²) in [4.78, 5) is 7.53. The number of nitrogens with zero attached hydrogens (tertiary/aromatic N) is 3. The number of alkyl halides is 3. The van der Waals surface area contributed by atoms with Gasteiger partial charge in [0.15, 0.2) is 0 Å². The molecule has 1 aromatic heterocycles. The van der Waals surface area contributed by atoms with E-state index in [1.807, 2.05) is 0 Å². The fourth-order valence-corrected chi connectivity index (χ4v) is 2.26. The average Bonchev–Trinajstić information content (AvgIpc) is 2.58. The zero-order valence-electron chi connectivity index (χ0n) is 14.1. The van der Waals surface area contributed by atoms with E-state index in [1.165, 1.54) is 12.1 Å². The number of aromatic nitrogens is 1. The molecule has 2 heterocycles. The van der Waals surface area contributed by atoms with Gasteiger partial charge >= 0.3 is 6.18 Å². The Bertz CT molecular complexity index is 906. The van der Waals surface area contributed by atoms with E-state index in [-0.39, 0.29) is 23.0 Å². The fourth-order valence-electron chi connectivity index (χ4n) is 2.26. The van der Waals surface area contributed by atoms with Gasteiger partial charge in [0, 0.05) is 12.1 Å². The summed E-state index contributed by atoms with van der Waals surface area (Å²) < 4.78 is 64.3. The number of hydrogen-bond acceptors (Lipinski definition) is 6. The zero-order chi connectivity index (χ0) is 20.3. The highest BCUT2D eigenvalue weighted by atomic mass is 19.4. The summed E-state index contributed by atoms with van der Waals surface area (Å²) in [6.45, 7) is -1.42. The molecule has 0 amide bonds. The van der Waals surface area contributed by atoms with Gasteiger partial charge in [0.25, 0.3) is 0 Å². The number of halogens is 5. The second kappa shape index (κ2) is 7.68. The van der Waals surface area contributed by atoms with Crippen LogP contribution in [-0.2, 0) is 0 Å². The lowest BCUT2D eigenvalue weighted by molar-refractivity contribution is -0.118. The summed E-state index contributed by atoms with van der Waals surface area (Å²) in [5.74, 6) is -1.64. The quantitative estimate of drug-likeness (QED) is 0.591. The molecule has 148 valence electrons. The van der Waals surface area contributed by atoms with Crippen molar-refractivity contribution >= 4 is 23.0 Å². The lowest BCUT2D eigenvalue weighted by atomic mass is 10.2. The minimum Gasteiger partial charge on any atom is -0.384 e. The number of rotatable bonds is 4. The Morgan fingerprint density at radius 2 is 1.82 bits per heavy atom. The van der Waals surface area contributed by atoms with Crippen LogP contribution in [0.3, 0.4) is 0 Å². The number of hydrogen-bond donors (Lipinski definition) is 4. The maximum absolute atomic E-state index is 13.4. The second-order valence-corrected chi connectivity index (χ2v) is 5.65. The molecule has 28 heavy (non-hydrogen) atoms. The highest BCUT2D eigenvalue weighted by Gasteiger charge is 2.27. The first-order valence-corrected chi connectivity index (χ1v) is 7.80. The van der Waals surface area contributed by atoms with Crippen LogP contribution in [0.1, 0.15) is 5.69 Å². The van der Waals surface area contributed by atoms with Crippen molar-refractivity contribution in [3.63, 3.8) is 0 Å². The molecule has 0 bridgehead atoms. The van der Waals surface area contributed by atoms with Crippen molar-refractivity contribution in [2.24, 2.45) is 4.99 Å². The van der Waals surface area contributed by atoms with Crippen molar-refractivity contribution in [3.05, 3.63) is 59.8 Å². The number of nitrogens with two attached hydrogens (primary N) is 1. The smallest absolute Gasteiger partial charge is 0.384 e. The molecule has 0 atom stereocenters. The van der Waals surface area contributed by atoms with Crippen molar-refractivity contribution in [3.8, 4) is 0 Å². The Kier molecular flexibility index (Phi) is 5.31. The molecule has 3 rings (SSSR count). The van der Waals surface area contributed by atoms with E-state index >= 15 is 0 Å². The van der Waals surface area contributed by atoms with Crippen LogP contribution < -0.4 is 22.0 Å². The van der Waals surface area contributed by atoms with Crippen molar-refractivity contribution in [1.29, 1.82) is 0 Å². The first kappa shape index (κ1) is 19.4. The molecule has 0 fully saturated rings. The molecule has 7 nitrogen and oxygen atoms in total. The zero-order valence-corrected chi connectivity index (χ0v) is 14.1. The highest BCUT2D eigenvalue weighted by molar-refractivity contribution is 5.99. The van der Waals surface area contributed by atoms with Crippen LogP contribution in [0.25, 0.3) is 5.70 Å². The molecule has 12 heteroatoms. The minimum absolute atomic E-state index is 0.00513. The largest absolute Gasteiger partial charge is 0.408 e. The van der Waals surface area contributed by atoms with Crippen molar-refractivity contribution < 1.29 is 22.0 Å². The summed E-state index contributed by atoms with van der Waals surface area (Å²) in [6.07, 6.45) is -3.22. The fraction of sp³-hybridized carbons (Fsp3) is 0.125. The molecule has 0 unspecified atom stereocenters. The predicted molar refractivity (Wildman–Crippen MR) is 93.1 cm³/mol. The van der Waals surface area contributed by atoms with Crippen LogP contribution in [0.2, 0.25) is 0 Å². The van der Waals surface area contributed by atoms with Gasteiger partial charge < -0.3 is 5.73 Å². The molecule has 5 N–H and O–H groups in total. The van der Waals surface area contributed by atoms with Gasteiger partial charge in [-0.15, -0.1) is 0 Å². The maximum Gasteiger partial charge on any atom is 0.408 e. The van der Waals surface area contributed by atoms with E-state index in [1.54, 1.807) is 12.1 Å². The van der Waals surface area contributed by atoms with E-state index < -0.39 is 24.4 Å². The normalized spacial score (nSPS) is 16.3. The minimum atomic E-state index is -4.51. The molecule has 0 aliphatic carbocycles. The van der Waals surface area contributed by atoms with Crippen LogP contribution in [0.15, 0.2) is 47.5 Å². The van der Waals surface area contributed by atoms with Crippen LogP contribution in [-0.4, -0.2) is 28.8 Å². The van der Waals surface area contributed by atoms with E-state index in [2.05, 4.69) is 26.3 Å². The van der Waals surface area contributed by atoms with Crippen LogP contribution in [0.4, 0.5) is 33.5 Å². The van der Waals surface area contributed by atoms with Crippen molar-refractivity contribution in [2.75, 3.05) is 17.7 Å². The molecule has 1 aromatic carbocycles. The SMILES string of the molecule is Nc1cccc(C2=CC(=NCC(F)(F)F)NN(Nc3cc(F)cc(F)c3)N2)n1. The number of anilines is 2. The Morgan fingerprint density at radius 3 is 2.46 bits per heavy atom. The number of nitrogen functional groups attached to an aromatic ring is 1. The molecule has 1 aliphatic heterocycles. The van der Waals surface area contributed by atoms with Crippen molar-refractivity contribution in [2.45, 2.75) is 6.18 Å². The Labute approximate surface area is 155 Å². The maximum atomic E-state index is 13.4. The molecule has 1 aliphatic rings. The van der Waals surface area contributed by atoms with Gasteiger partial charge in [0.2, 0.25) is 0 Å². The van der Waals surface area contributed by atoms with E-state index in [9.17, 15) is 22.0 Å². The predicted octanol–water partition coefficient (Wildman–Crippen LogP) is 2.60. The van der Waals surface area contributed by atoms with Gasteiger partial charge in [-0.05, 0) is 29.5 Å². The van der Waals surface area contributed by atoms with E-state index in [0.29, 0.717) is 11.8 Å². The summed E-state index contributed by atoms with van der Waals surface area (Å²) >= 11 is 0. The number of amidine groups is 1. The Hall–Kier alpha value is -3.41. The standard InChI is InChI=1S/C16H14F5N7/c17-9-4-10(18)6-11(5-9)25-28-26-13(12-2-1-3-14(22)24-12)7-15(27-28)23-8-16(19,20)21/h1-7,25-26H,8H2,(H2,22,24)(H,23,27). The molecule has 0 spiro atoms. The van der Waals surface area contributed by atoms with Crippen LogP contribution >= 0.6 is 0 Å². The third-order valence-corrected chi connectivity index (χ3v) is 3.32. The first-order chi connectivity index (χ1) is 13.2. The number of hydrazine groups is 3. The molecular weight excluding hydrogens is 385 g/mol. The third-order valence-electron chi connectivity index (χ3n) is 3.32. The Balaban J connectivity index is 1.89. The van der Waals surface area contributed by atoms with Crippen LogP contribution in [0, 0.1) is 11.6 Å². The van der Waals surface area contributed by atoms with Gasteiger partial charge in [0.05, 0.1) is 17.1 Å². The van der Waals surface area contributed by atoms with Crippen LogP contribution in [0.5, 0.6) is 0 Å². The monoisotopic (exact) mass is 399 g/mol. The van der Waals surface area contributed by atoms with Gasteiger partial charge in [-0.1, -0.05) is 6.07 Å². The number of benzene rings is 1. The summed E-state index contributed by atoms with van der Waals surface area (Å²) in [5, 5.41) is 0.990. The number of pyridine rings is 1. The van der Waals surface area contributed by atoms with E-state index in [4.69, 9.17) is 5.73 Å². The molecule has 0 saturated carbocycles. The van der Waals surface area contributed by atoms with Gasteiger partial charge in [-0.3, -0.25) is 21.3 Å². The lowest BCUT2D eigenvalue weighted by Gasteiger charge is -2.31. The third kappa shape index (κ3) is 5.30. The molecule has 0 radical (unpaired) electrons. The van der Waals surface area contributed by atoms with Crippen molar-refractivity contribution in [1.82, 2.24) is 21.1 Å². The Morgan fingerprint density at radius 1 is 1.11 bits per heavy atom. The number of nitrogens with one attached hydrogen (secondary N) is 3. The second-order valence-electron chi connectivity index (χ2n) is 5.65.